The third-order valence-electron chi connectivity index (χ3n) is 10.9. The van der Waals surface area contributed by atoms with Crippen LogP contribution in [0.15, 0.2) is 60.7 Å². The first-order chi connectivity index (χ1) is 34.3. The number of aryl methyl sites for hydroxylation is 8. The number of rotatable bonds is 16. The number of H-pyrrole nitrogens is 2. The van der Waals surface area contributed by atoms with Crippen LogP contribution >= 0.6 is 60.5 Å². The van der Waals surface area contributed by atoms with Crippen molar-refractivity contribution >= 4 is 71.1 Å². The van der Waals surface area contributed by atoms with Crippen LogP contribution in [-0.4, -0.2) is 70.8 Å². The number of thiophene rings is 4. The van der Waals surface area contributed by atoms with Gasteiger partial charge in [-0.25, -0.2) is 9.97 Å². The number of nitrogens with zero attached hydrogens (tertiary/aromatic N) is 2. The summed E-state index contributed by atoms with van der Waals surface area (Å²) in [7, 11) is -5.09. The number of aromatic amines is 2. The van der Waals surface area contributed by atoms with E-state index in [1.54, 1.807) is 85.2 Å². The van der Waals surface area contributed by atoms with Crippen LogP contribution in [0.2, 0.25) is 0 Å². The molecule has 0 aliphatic heterocycles. The Bertz CT molecular complexity index is 2850. The largest absolute Gasteiger partial charge is 2.00 e. The number of benzene rings is 2. The van der Waals surface area contributed by atoms with Gasteiger partial charge in [-0.15, -0.1) is 45.3 Å². The number of hydrogen-bond acceptors (Lipinski definition) is 16. The van der Waals surface area contributed by atoms with E-state index >= 15 is 0 Å². The van der Waals surface area contributed by atoms with Crippen molar-refractivity contribution < 1.29 is 64.4 Å². The van der Waals surface area contributed by atoms with Gasteiger partial charge in [-0.05, 0) is 132 Å². The first-order valence-electron chi connectivity index (χ1n) is 23.1. The molecule has 0 fully saturated rings. The van der Waals surface area contributed by atoms with Crippen LogP contribution in [0, 0.1) is 55.4 Å². The van der Waals surface area contributed by atoms with Gasteiger partial charge in [0.2, 0.25) is 0 Å². The first kappa shape index (κ1) is 61.5. The second-order valence-corrected chi connectivity index (χ2v) is 25.8. The molecular formula is C52H64CoN4O10P2S4. The minimum absolute atomic E-state index is 0. The van der Waals surface area contributed by atoms with E-state index in [9.17, 15) is 19.3 Å². The van der Waals surface area contributed by atoms with E-state index in [1.807, 2.05) is 0 Å². The number of imidazole rings is 2. The van der Waals surface area contributed by atoms with E-state index in [0.717, 1.165) is 69.0 Å². The molecule has 0 unspecified atom stereocenters. The van der Waals surface area contributed by atoms with Gasteiger partial charge in [0.05, 0.1) is 59.8 Å². The Hall–Kier alpha value is -4.01. The van der Waals surface area contributed by atoms with Gasteiger partial charge >= 0.3 is 32.0 Å². The van der Waals surface area contributed by atoms with Crippen LogP contribution in [0.1, 0.15) is 66.7 Å². The minimum Gasteiger partial charge on any atom is -0.872 e. The molecule has 8 rings (SSSR count). The molecule has 8 aromatic rings. The van der Waals surface area contributed by atoms with Crippen molar-refractivity contribution in [2.45, 2.75) is 83.1 Å². The van der Waals surface area contributed by atoms with Crippen molar-refractivity contribution in [2.24, 2.45) is 0 Å². The average Bonchev–Trinajstić information content (AvgIpc) is 4.21. The number of nitrogens with one attached hydrogen (secondary N) is 2. The topological polar surface area (TPSA) is 215 Å². The molecule has 0 saturated carbocycles. The molecule has 14 nitrogen and oxygen atoms in total. The summed E-state index contributed by atoms with van der Waals surface area (Å²) in [6.07, 6.45) is 0. The van der Waals surface area contributed by atoms with Gasteiger partial charge in [0.15, 0.2) is 0 Å². The van der Waals surface area contributed by atoms with E-state index in [-0.39, 0.29) is 54.7 Å². The summed E-state index contributed by atoms with van der Waals surface area (Å²) in [6, 6.07) is 17.5. The summed E-state index contributed by atoms with van der Waals surface area (Å²) >= 11 is 6.89. The number of hydrogen-bond donors (Lipinski definition) is 4. The molecule has 395 valence electrons. The van der Waals surface area contributed by atoms with Crippen molar-refractivity contribution in [3.63, 3.8) is 0 Å². The molecule has 1 radical (unpaired) electrons. The molecule has 73 heavy (non-hydrogen) atoms. The Balaban J connectivity index is 0.000000293. The third-order valence-corrected chi connectivity index (χ3v) is 19.0. The van der Waals surface area contributed by atoms with E-state index in [4.69, 9.17) is 38.3 Å². The maximum atomic E-state index is 13.3. The van der Waals surface area contributed by atoms with Gasteiger partial charge in [0, 0.05) is 86.6 Å². The molecular weight excluding hydrogens is 1090 g/mol. The van der Waals surface area contributed by atoms with Crippen molar-refractivity contribution in [2.75, 3.05) is 40.6 Å². The van der Waals surface area contributed by atoms with E-state index in [2.05, 4.69) is 89.6 Å². The van der Waals surface area contributed by atoms with Crippen molar-refractivity contribution in [3.8, 4) is 79.3 Å². The quantitative estimate of drug-likeness (QED) is 0.0665. The molecule has 0 aliphatic carbocycles. The molecule has 0 atom stereocenters. The maximum absolute atomic E-state index is 13.3. The van der Waals surface area contributed by atoms with Crippen LogP contribution in [-0.2, 0) is 44.0 Å². The zero-order chi connectivity index (χ0) is 53.2. The molecule has 2 aromatic carbocycles. The van der Waals surface area contributed by atoms with E-state index in [0.29, 0.717) is 33.4 Å². The second kappa shape index (κ2) is 27.2. The molecule has 6 heterocycles. The fourth-order valence-electron chi connectivity index (χ4n) is 8.07. The summed E-state index contributed by atoms with van der Waals surface area (Å²) in [4.78, 5) is 26.1. The normalized spacial score (nSPS) is 11.3. The van der Waals surface area contributed by atoms with Gasteiger partial charge in [0.1, 0.15) is 11.6 Å². The average molecular weight is 1150 g/mol. The third kappa shape index (κ3) is 13.9. The maximum Gasteiger partial charge on any atom is 2.00 e. The van der Waals surface area contributed by atoms with Gasteiger partial charge < -0.3 is 48.5 Å². The molecule has 21 heteroatoms. The SMILES string of the molecule is CCOP(=O)(OCC)c1ccc([O-])c(-c2nc(-c3cc(C)sc3C)c(-c3cc(C)sc3C)[nH]2)c1.CCOP(=O)(OCC)c1ccc([O-])c(-c2nc(-c3cc(C)sc3C)c(-c3cc(C)sc3C)[nH]2)c1.CO.CO.[Co+2]. The fraction of sp³-hybridized carbons (Fsp3) is 0.346. The summed E-state index contributed by atoms with van der Waals surface area (Å²) in [6.45, 7) is 24.6. The van der Waals surface area contributed by atoms with Gasteiger partial charge in [-0.1, -0.05) is 23.6 Å². The molecule has 0 amide bonds. The molecule has 0 bridgehead atoms. The first-order valence-corrected chi connectivity index (χ1v) is 29.5. The fourth-order valence-corrected chi connectivity index (χ4v) is 15.0. The zero-order valence-corrected chi connectivity index (χ0v) is 49.6. The Kier molecular flexibility index (Phi) is 22.9. The standard InChI is InChI=1S/2C25H29N2O4PS2.2CH4O.Co/c2*1-7-30-32(29,31-8-2)18-9-10-22(28)21(13-18)25-26-23(19-11-14(3)33-16(19)5)24(27-25)20-12-15(4)34-17(20)6;2*1-2;/h2*9-13,28H,7-8H2,1-6H3,(H,26,27);2*2H,1H3;/q;;;;+2/p-2. The zero-order valence-electron chi connectivity index (χ0n) is 43.5. The van der Waals surface area contributed by atoms with Gasteiger partial charge in [-0.2, -0.15) is 0 Å². The molecule has 6 aromatic heterocycles. The van der Waals surface area contributed by atoms with Crippen LogP contribution in [0.25, 0.3) is 67.8 Å². The second-order valence-electron chi connectivity index (χ2n) is 16.0. The van der Waals surface area contributed by atoms with Crippen molar-refractivity contribution in [3.05, 3.63) is 99.7 Å². The summed E-state index contributed by atoms with van der Waals surface area (Å²) < 4.78 is 48.7. The number of aromatic nitrogens is 4. The van der Waals surface area contributed by atoms with Crippen molar-refractivity contribution in [1.82, 2.24) is 19.9 Å². The van der Waals surface area contributed by atoms with E-state index in [1.165, 1.54) is 53.5 Å². The Morgan fingerprint density at radius 3 is 0.986 bits per heavy atom. The number of aliphatic hydroxyl groups is 2. The van der Waals surface area contributed by atoms with E-state index < -0.39 is 15.2 Å². The summed E-state index contributed by atoms with van der Waals surface area (Å²) in [5, 5.41) is 40.5. The van der Waals surface area contributed by atoms with Crippen LogP contribution in [0.4, 0.5) is 0 Å². The molecule has 0 aliphatic rings. The monoisotopic (exact) mass is 1150 g/mol. The molecule has 0 saturated heterocycles. The molecule has 4 N–H and O–H groups in total. The summed E-state index contributed by atoms with van der Waals surface area (Å²) in [5.74, 6) is 0.434. The van der Waals surface area contributed by atoms with Gasteiger partial charge in [0.25, 0.3) is 0 Å². The Morgan fingerprint density at radius 2 is 0.740 bits per heavy atom. The van der Waals surface area contributed by atoms with Crippen molar-refractivity contribution in [1.29, 1.82) is 0 Å². The minimum atomic E-state index is -3.55. The van der Waals surface area contributed by atoms with Crippen LogP contribution in [0.5, 0.6) is 11.5 Å². The predicted molar refractivity (Wildman–Crippen MR) is 295 cm³/mol. The summed E-state index contributed by atoms with van der Waals surface area (Å²) in [5.41, 5.74) is 8.25. The number of aliphatic hydroxyl groups excluding tert-OH is 2. The predicted octanol–water partition coefficient (Wildman–Crippen LogP) is 12.7. The Labute approximate surface area is 455 Å². The Morgan fingerprint density at radius 1 is 0.466 bits per heavy atom. The smallest absolute Gasteiger partial charge is 0.872 e. The van der Waals surface area contributed by atoms with Gasteiger partial charge in [-0.3, -0.25) is 9.13 Å². The molecule has 0 spiro atoms. The van der Waals surface area contributed by atoms with Crippen LogP contribution < -0.4 is 20.8 Å². The van der Waals surface area contributed by atoms with Crippen LogP contribution in [0.3, 0.4) is 0 Å².